The molecule has 3 aliphatic rings. The Labute approximate surface area is 205 Å². The van der Waals surface area contributed by atoms with E-state index in [4.69, 9.17) is 4.42 Å². The van der Waals surface area contributed by atoms with Crippen molar-refractivity contribution in [1.82, 2.24) is 4.57 Å². The van der Waals surface area contributed by atoms with Crippen molar-refractivity contribution in [1.29, 1.82) is 0 Å². The third-order valence-corrected chi connectivity index (χ3v) is 10.7. The Balaban J connectivity index is 1.21. The molecule has 1 aliphatic heterocycles. The molecule has 2 aromatic heterocycles. The number of carbonyl (C=O) groups excluding carboxylic acids is 1. The maximum absolute atomic E-state index is 13.1. The summed E-state index contributed by atoms with van der Waals surface area (Å²) in [6, 6.07) is 17.9. The molecule has 0 spiro atoms. The number of anilines is 1. The largest absolute Gasteiger partial charge is 0.469 e. The van der Waals surface area contributed by atoms with Crippen LogP contribution in [0.1, 0.15) is 35.8 Å². The summed E-state index contributed by atoms with van der Waals surface area (Å²) in [5, 5.41) is 6.66. The third-order valence-electron chi connectivity index (χ3n) is 7.88. The van der Waals surface area contributed by atoms with E-state index in [9.17, 15) is 9.59 Å². The van der Waals surface area contributed by atoms with E-state index in [0.29, 0.717) is 23.0 Å². The van der Waals surface area contributed by atoms with Gasteiger partial charge in [-0.05, 0) is 72.1 Å². The Morgan fingerprint density at radius 2 is 1.91 bits per heavy atom. The zero-order valence-corrected chi connectivity index (χ0v) is 20.1. The summed E-state index contributed by atoms with van der Waals surface area (Å²) in [7, 11) is 0. The molecule has 4 aromatic rings. The van der Waals surface area contributed by atoms with Gasteiger partial charge in [0.05, 0.1) is 22.1 Å². The van der Waals surface area contributed by atoms with Gasteiger partial charge in [0.25, 0.3) is 0 Å². The normalized spacial score (nSPS) is 27.0. The van der Waals surface area contributed by atoms with E-state index in [1.807, 2.05) is 60.3 Å². The zero-order chi connectivity index (χ0) is 22.8. The molecule has 0 saturated heterocycles. The van der Waals surface area contributed by atoms with Crippen LogP contribution < -0.4 is 10.2 Å². The maximum Gasteiger partial charge on any atom is 0.308 e. The van der Waals surface area contributed by atoms with Gasteiger partial charge in [-0.2, -0.15) is 0 Å². The second-order valence-corrected chi connectivity index (χ2v) is 11.9. The number of thioether (sulfide) groups is 1. The number of nitrogens with one attached hydrogen (secondary N) is 1. The zero-order valence-electron chi connectivity index (χ0n) is 18.5. The molecule has 172 valence electrons. The van der Waals surface area contributed by atoms with Crippen LogP contribution in [0, 0.1) is 17.8 Å². The molecule has 34 heavy (non-hydrogen) atoms. The molecule has 0 radical (unpaired) electrons. The summed E-state index contributed by atoms with van der Waals surface area (Å²) < 4.78 is 7.59. The van der Waals surface area contributed by atoms with E-state index in [1.165, 1.54) is 30.6 Å². The van der Waals surface area contributed by atoms with Gasteiger partial charge in [-0.25, -0.2) is 0 Å². The van der Waals surface area contributed by atoms with Crippen LogP contribution in [-0.2, 0) is 11.3 Å². The lowest BCUT2D eigenvalue weighted by molar-refractivity contribution is -0.116. The van der Waals surface area contributed by atoms with Crippen molar-refractivity contribution < 1.29 is 9.21 Å². The summed E-state index contributed by atoms with van der Waals surface area (Å²) in [5.74, 6) is 2.81. The van der Waals surface area contributed by atoms with Crippen molar-refractivity contribution in [2.45, 2.75) is 42.0 Å². The van der Waals surface area contributed by atoms with Crippen LogP contribution in [0.5, 0.6) is 0 Å². The predicted octanol–water partition coefficient (Wildman–Crippen LogP) is 5.95. The monoisotopic (exact) mass is 488 g/mol. The molecular formula is C27H24N2O3S2. The van der Waals surface area contributed by atoms with Crippen LogP contribution in [0.4, 0.5) is 5.69 Å². The van der Waals surface area contributed by atoms with Crippen LogP contribution in [0.2, 0.25) is 0 Å². The van der Waals surface area contributed by atoms with Crippen molar-refractivity contribution in [3.63, 3.8) is 0 Å². The molecule has 7 heteroatoms. The van der Waals surface area contributed by atoms with Gasteiger partial charge in [0.2, 0.25) is 5.91 Å². The van der Waals surface area contributed by atoms with Crippen LogP contribution in [-0.4, -0.2) is 15.7 Å². The molecule has 3 heterocycles. The number of furan rings is 1. The number of nitrogens with zero attached hydrogens (tertiary/aromatic N) is 1. The van der Waals surface area contributed by atoms with E-state index in [-0.39, 0.29) is 23.2 Å². The number of rotatable bonds is 4. The average Bonchev–Trinajstić information content (AvgIpc) is 3.64. The van der Waals surface area contributed by atoms with Crippen LogP contribution >= 0.6 is 23.1 Å². The third kappa shape index (κ3) is 3.21. The Bertz CT molecular complexity index is 1450. The first kappa shape index (κ1) is 20.6. The molecule has 2 aliphatic carbocycles. The highest BCUT2D eigenvalue weighted by Gasteiger charge is 2.55. The lowest BCUT2D eigenvalue weighted by Crippen LogP contribution is -2.34. The number of fused-ring (bicyclic) bond motifs is 7. The molecule has 2 saturated carbocycles. The van der Waals surface area contributed by atoms with Gasteiger partial charge in [-0.1, -0.05) is 41.7 Å². The van der Waals surface area contributed by atoms with E-state index in [1.54, 1.807) is 10.8 Å². The standard InChI is InChI=1S/C27H24N2O3S2/c30-21(28-19-10-9-15-4-1-2-5-16(15)13-19)14-29-26-25(34-27(29)31)23(20-6-3-11-32-20)22-17-7-8-18(12-17)24(22)33-26/h1-6,9-11,13,17-18,22-24H,7-8,12,14H2,(H,28,30)/t17-,18-,22-,23-,24+/m0/s1. The van der Waals surface area contributed by atoms with Gasteiger partial charge in [-0.3, -0.25) is 14.2 Å². The van der Waals surface area contributed by atoms with Gasteiger partial charge in [0.1, 0.15) is 12.3 Å². The fraction of sp³-hybridized carbons (Fsp3) is 0.333. The summed E-state index contributed by atoms with van der Waals surface area (Å²) in [6.45, 7) is 0.0286. The maximum atomic E-state index is 13.1. The second-order valence-electron chi connectivity index (χ2n) is 9.72. The van der Waals surface area contributed by atoms with Crippen LogP contribution in [0.25, 0.3) is 10.8 Å². The van der Waals surface area contributed by atoms with Crippen molar-refractivity contribution in [2.24, 2.45) is 17.8 Å². The van der Waals surface area contributed by atoms with Gasteiger partial charge in [0, 0.05) is 10.9 Å². The molecule has 2 fully saturated rings. The quantitative estimate of drug-likeness (QED) is 0.386. The van der Waals surface area contributed by atoms with E-state index in [2.05, 4.69) is 11.4 Å². The molecule has 5 atom stereocenters. The van der Waals surface area contributed by atoms with Crippen LogP contribution in [0.3, 0.4) is 0 Å². The van der Waals surface area contributed by atoms with Gasteiger partial charge < -0.3 is 9.73 Å². The first-order valence-corrected chi connectivity index (χ1v) is 13.6. The summed E-state index contributed by atoms with van der Waals surface area (Å²) >= 11 is 3.14. The molecule has 2 bridgehead atoms. The number of thiazole rings is 1. The smallest absolute Gasteiger partial charge is 0.308 e. The lowest BCUT2D eigenvalue weighted by atomic mass is 9.77. The topological polar surface area (TPSA) is 64.2 Å². The van der Waals surface area contributed by atoms with E-state index >= 15 is 0 Å². The molecule has 7 rings (SSSR count). The number of hydrogen-bond acceptors (Lipinski definition) is 5. The minimum atomic E-state index is -0.178. The Morgan fingerprint density at radius 3 is 2.76 bits per heavy atom. The predicted molar refractivity (Wildman–Crippen MR) is 136 cm³/mol. The molecule has 1 amide bonds. The highest BCUT2D eigenvalue weighted by molar-refractivity contribution is 8.00. The van der Waals surface area contributed by atoms with Gasteiger partial charge >= 0.3 is 4.87 Å². The highest BCUT2D eigenvalue weighted by atomic mass is 32.2. The Kier molecular flexibility index (Phi) is 4.78. The minimum absolute atomic E-state index is 0.0286. The van der Waals surface area contributed by atoms with Gasteiger partial charge in [-0.15, -0.1) is 11.8 Å². The SMILES string of the molecule is O=C(Cn1c2c(sc1=O)[C@@H](c1ccco1)[C@@H]1[C@H]3CC[C@@H](C3)[C@H]1S2)Nc1ccc2ccccc2c1. The number of carbonyl (C=O) groups is 1. The van der Waals surface area contributed by atoms with Crippen molar-refractivity contribution in [2.75, 3.05) is 5.32 Å². The molecule has 5 nitrogen and oxygen atoms in total. The first-order chi connectivity index (χ1) is 16.7. The molecule has 0 unspecified atom stereocenters. The number of amides is 1. The first-order valence-electron chi connectivity index (χ1n) is 11.9. The second kappa shape index (κ2) is 7.89. The van der Waals surface area contributed by atoms with Crippen molar-refractivity contribution >= 4 is 45.5 Å². The molecule has 2 aromatic carbocycles. The molecule has 1 N–H and O–H groups in total. The number of hydrogen-bond donors (Lipinski definition) is 1. The lowest BCUT2D eigenvalue weighted by Gasteiger charge is -2.39. The summed E-state index contributed by atoms with van der Waals surface area (Å²) in [6.07, 6.45) is 5.56. The minimum Gasteiger partial charge on any atom is -0.469 e. The fourth-order valence-electron chi connectivity index (χ4n) is 6.49. The highest BCUT2D eigenvalue weighted by Crippen LogP contribution is 2.64. The summed E-state index contributed by atoms with van der Waals surface area (Å²) in [4.78, 5) is 27.2. The molecular weight excluding hydrogens is 464 g/mol. The van der Waals surface area contributed by atoms with Crippen molar-refractivity contribution in [3.05, 3.63) is 81.2 Å². The number of benzene rings is 2. The van der Waals surface area contributed by atoms with Crippen LogP contribution in [0.15, 0.2) is 75.1 Å². The summed E-state index contributed by atoms with van der Waals surface area (Å²) in [5.41, 5.74) is 0.745. The van der Waals surface area contributed by atoms with Gasteiger partial charge in [0.15, 0.2) is 0 Å². The van der Waals surface area contributed by atoms with E-state index < -0.39 is 0 Å². The Morgan fingerprint density at radius 1 is 1.06 bits per heavy atom. The average molecular weight is 489 g/mol. The Hall–Kier alpha value is -2.77. The van der Waals surface area contributed by atoms with Crippen molar-refractivity contribution in [3.8, 4) is 0 Å². The fourth-order valence-corrected chi connectivity index (χ4v) is 9.62. The van der Waals surface area contributed by atoms with E-state index in [0.717, 1.165) is 32.1 Å². The number of aromatic nitrogens is 1.